The lowest BCUT2D eigenvalue weighted by molar-refractivity contribution is -0.127. The summed E-state index contributed by atoms with van der Waals surface area (Å²) in [6.45, 7) is 2.43. The van der Waals surface area contributed by atoms with E-state index in [1.165, 1.54) is 0 Å². The first-order valence-corrected chi connectivity index (χ1v) is 8.72. The summed E-state index contributed by atoms with van der Waals surface area (Å²) < 4.78 is 1.86. The quantitative estimate of drug-likeness (QED) is 0.801. The van der Waals surface area contributed by atoms with Gasteiger partial charge in [-0.1, -0.05) is 48.1 Å². The van der Waals surface area contributed by atoms with Crippen LogP contribution in [0.2, 0.25) is 0 Å². The number of rotatable bonds is 4. The van der Waals surface area contributed by atoms with Gasteiger partial charge >= 0.3 is 0 Å². The molecule has 0 aliphatic heterocycles. The number of aryl methyl sites for hydroxylation is 1. The third kappa shape index (κ3) is 2.63. The van der Waals surface area contributed by atoms with Crippen LogP contribution >= 0.6 is 11.3 Å². The van der Waals surface area contributed by atoms with Crippen molar-refractivity contribution in [1.29, 1.82) is 0 Å². The standard InChI is InChI=1S/C17H18N4OS/c1-11-20-21-14(10-18-16(22)13-8-5-9-13)15(19-17(21)23-11)12-6-3-2-4-7-12/h2-4,6-7,13H,5,8-10H2,1H3,(H,18,22). The molecule has 0 spiro atoms. The van der Waals surface area contributed by atoms with Gasteiger partial charge in [0.2, 0.25) is 10.9 Å². The summed E-state index contributed by atoms with van der Waals surface area (Å²) in [5, 5.41) is 8.57. The smallest absolute Gasteiger partial charge is 0.223 e. The number of hydrogen-bond donors (Lipinski definition) is 1. The van der Waals surface area contributed by atoms with Crippen LogP contribution in [-0.4, -0.2) is 20.5 Å². The van der Waals surface area contributed by atoms with E-state index in [-0.39, 0.29) is 11.8 Å². The van der Waals surface area contributed by atoms with Crippen molar-refractivity contribution in [1.82, 2.24) is 19.9 Å². The van der Waals surface area contributed by atoms with Crippen LogP contribution in [0.5, 0.6) is 0 Å². The van der Waals surface area contributed by atoms with Gasteiger partial charge in [-0.2, -0.15) is 5.10 Å². The highest BCUT2D eigenvalue weighted by atomic mass is 32.1. The number of fused-ring (bicyclic) bond motifs is 1. The predicted molar refractivity (Wildman–Crippen MR) is 90.2 cm³/mol. The number of nitrogens with zero attached hydrogens (tertiary/aromatic N) is 3. The lowest BCUT2D eigenvalue weighted by Crippen LogP contribution is -2.34. The predicted octanol–water partition coefficient (Wildman–Crippen LogP) is 3.18. The van der Waals surface area contributed by atoms with Crippen LogP contribution in [0.3, 0.4) is 0 Å². The Kier molecular flexibility index (Phi) is 3.61. The van der Waals surface area contributed by atoms with E-state index in [0.717, 1.165) is 46.2 Å². The van der Waals surface area contributed by atoms with Gasteiger partial charge in [-0.15, -0.1) is 0 Å². The summed E-state index contributed by atoms with van der Waals surface area (Å²) in [6, 6.07) is 10.1. The van der Waals surface area contributed by atoms with Crippen molar-refractivity contribution < 1.29 is 4.79 Å². The van der Waals surface area contributed by atoms with Gasteiger partial charge in [-0.3, -0.25) is 4.79 Å². The normalized spacial score (nSPS) is 14.8. The Morgan fingerprint density at radius 3 is 2.83 bits per heavy atom. The van der Waals surface area contributed by atoms with Crippen LogP contribution in [0.15, 0.2) is 30.3 Å². The molecule has 0 bridgehead atoms. The maximum Gasteiger partial charge on any atom is 0.223 e. The molecule has 4 rings (SSSR count). The lowest BCUT2D eigenvalue weighted by Gasteiger charge is -2.24. The fourth-order valence-electron chi connectivity index (χ4n) is 2.86. The molecule has 1 fully saturated rings. The van der Waals surface area contributed by atoms with E-state index in [1.807, 2.05) is 41.8 Å². The molecule has 1 N–H and O–H groups in total. The molecule has 1 amide bonds. The van der Waals surface area contributed by atoms with Gasteiger partial charge in [0.15, 0.2) is 0 Å². The fraction of sp³-hybridized carbons (Fsp3) is 0.353. The van der Waals surface area contributed by atoms with Gasteiger partial charge in [0.1, 0.15) is 5.01 Å². The van der Waals surface area contributed by atoms with Gasteiger partial charge in [0.05, 0.1) is 17.9 Å². The number of nitrogens with one attached hydrogen (secondary N) is 1. The van der Waals surface area contributed by atoms with Gasteiger partial charge < -0.3 is 5.32 Å². The Morgan fingerprint density at radius 1 is 1.35 bits per heavy atom. The lowest BCUT2D eigenvalue weighted by atomic mass is 9.85. The SMILES string of the molecule is Cc1nn2c(CNC(=O)C3CCC3)c(-c3ccccc3)nc2s1. The molecule has 1 aliphatic rings. The topological polar surface area (TPSA) is 59.3 Å². The summed E-state index contributed by atoms with van der Waals surface area (Å²) in [4.78, 5) is 17.7. The van der Waals surface area contributed by atoms with Gasteiger partial charge in [-0.25, -0.2) is 9.50 Å². The van der Waals surface area contributed by atoms with Crippen molar-refractivity contribution in [3.05, 3.63) is 41.0 Å². The second kappa shape index (κ2) is 5.77. The molecular formula is C17H18N4OS. The number of aromatic nitrogens is 3. The highest BCUT2D eigenvalue weighted by Gasteiger charge is 2.26. The molecule has 2 heterocycles. The van der Waals surface area contributed by atoms with E-state index >= 15 is 0 Å². The van der Waals surface area contributed by atoms with Crippen LogP contribution < -0.4 is 5.32 Å². The van der Waals surface area contributed by atoms with Gasteiger partial charge in [0.25, 0.3) is 0 Å². The van der Waals surface area contributed by atoms with E-state index in [0.29, 0.717) is 6.54 Å². The Hall–Kier alpha value is -2.21. The molecule has 0 atom stereocenters. The molecular weight excluding hydrogens is 308 g/mol. The first kappa shape index (κ1) is 14.4. The summed E-state index contributed by atoms with van der Waals surface area (Å²) in [5.41, 5.74) is 2.90. The molecule has 1 aromatic carbocycles. The van der Waals surface area contributed by atoms with Gasteiger partial charge in [0, 0.05) is 11.5 Å². The highest BCUT2D eigenvalue weighted by Crippen LogP contribution is 2.28. The van der Waals surface area contributed by atoms with Crippen LogP contribution in [-0.2, 0) is 11.3 Å². The Labute approximate surface area is 138 Å². The third-order valence-electron chi connectivity index (χ3n) is 4.35. The summed E-state index contributed by atoms with van der Waals surface area (Å²) in [5.74, 6) is 0.341. The largest absolute Gasteiger partial charge is 0.350 e. The summed E-state index contributed by atoms with van der Waals surface area (Å²) in [6.07, 6.45) is 3.18. The summed E-state index contributed by atoms with van der Waals surface area (Å²) >= 11 is 1.57. The van der Waals surface area contributed by atoms with E-state index in [4.69, 9.17) is 4.98 Å². The van der Waals surface area contributed by atoms with Crippen molar-refractivity contribution in [2.45, 2.75) is 32.7 Å². The zero-order valence-corrected chi connectivity index (χ0v) is 13.8. The average Bonchev–Trinajstić information content (AvgIpc) is 3.00. The molecule has 5 nitrogen and oxygen atoms in total. The van der Waals surface area contributed by atoms with E-state index < -0.39 is 0 Å². The van der Waals surface area contributed by atoms with Crippen molar-refractivity contribution >= 4 is 22.2 Å². The second-order valence-corrected chi connectivity index (χ2v) is 7.09. The highest BCUT2D eigenvalue weighted by molar-refractivity contribution is 7.16. The molecule has 0 saturated heterocycles. The van der Waals surface area contributed by atoms with Crippen LogP contribution in [0.1, 0.15) is 30.0 Å². The maximum atomic E-state index is 12.2. The number of carbonyl (C=O) groups is 1. The van der Waals surface area contributed by atoms with Crippen LogP contribution in [0.4, 0.5) is 0 Å². The molecule has 118 valence electrons. The Morgan fingerprint density at radius 2 is 2.13 bits per heavy atom. The zero-order valence-electron chi connectivity index (χ0n) is 13.0. The molecule has 0 unspecified atom stereocenters. The van der Waals surface area contributed by atoms with Gasteiger partial charge in [-0.05, 0) is 19.8 Å². The van der Waals surface area contributed by atoms with E-state index in [9.17, 15) is 4.79 Å². The first-order chi connectivity index (χ1) is 11.2. The summed E-state index contributed by atoms with van der Waals surface area (Å²) in [7, 11) is 0. The van der Waals surface area contributed by atoms with Crippen LogP contribution in [0.25, 0.3) is 16.2 Å². The zero-order chi connectivity index (χ0) is 15.8. The number of benzene rings is 1. The molecule has 1 saturated carbocycles. The monoisotopic (exact) mass is 326 g/mol. The maximum absolute atomic E-state index is 12.2. The fourth-order valence-corrected chi connectivity index (χ4v) is 3.62. The van der Waals surface area contributed by atoms with Crippen molar-refractivity contribution in [3.63, 3.8) is 0 Å². The Bertz CT molecular complexity index is 848. The minimum absolute atomic E-state index is 0.150. The van der Waals surface area contributed by atoms with Crippen molar-refractivity contribution in [2.24, 2.45) is 5.92 Å². The first-order valence-electron chi connectivity index (χ1n) is 7.90. The molecule has 2 aromatic heterocycles. The molecule has 3 aromatic rings. The Balaban J connectivity index is 1.68. The molecule has 0 radical (unpaired) electrons. The third-order valence-corrected chi connectivity index (χ3v) is 5.17. The minimum Gasteiger partial charge on any atom is -0.350 e. The average molecular weight is 326 g/mol. The molecule has 6 heteroatoms. The number of carbonyl (C=O) groups excluding carboxylic acids is 1. The second-order valence-electron chi connectivity index (χ2n) is 5.93. The van der Waals surface area contributed by atoms with E-state index in [1.54, 1.807) is 11.3 Å². The van der Waals surface area contributed by atoms with Crippen molar-refractivity contribution in [2.75, 3.05) is 0 Å². The van der Waals surface area contributed by atoms with E-state index in [2.05, 4.69) is 10.4 Å². The van der Waals surface area contributed by atoms with Crippen LogP contribution in [0, 0.1) is 12.8 Å². The molecule has 1 aliphatic carbocycles. The van der Waals surface area contributed by atoms with Crippen molar-refractivity contribution in [3.8, 4) is 11.3 Å². The number of hydrogen-bond acceptors (Lipinski definition) is 4. The minimum atomic E-state index is 0.150. The molecule has 23 heavy (non-hydrogen) atoms. The number of imidazole rings is 1. The number of amides is 1.